The van der Waals surface area contributed by atoms with Gasteiger partial charge in [-0.15, -0.1) is 0 Å². The zero-order valence-electron chi connectivity index (χ0n) is 26.3. The van der Waals surface area contributed by atoms with E-state index in [4.69, 9.17) is 30.2 Å². The molecule has 0 aliphatic rings. The van der Waals surface area contributed by atoms with Gasteiger partial charge >= 0.3 is 7.60 Å². The molecule has 1 heterocycles. The third-order valence-corrected chi connectivity index (χ3v) is 7.83. The van der Waals surface area contributed by atoms with Crippen LogP contribution in [0.25, 0.3) is 11.3 Å². The minimum Gasteiger partial charge on any atom is -0.494 e. The summed E-state index contributed by atoms with van der Waals surface area (Å²) in [5.74, 6) is -1.35. The van der Waals surface area contributed by atoms with Crippen LogP contribution in [0.3, 0.4) is 0 Å². The number of hydrogen-bond donors (Lipinski definition) is 9. The van der Waals surface area contributed by atoms with Crippen molar-refractivity contribution in [3.8, 4) is 17.1 Å². The van der Waals surface area contributed by atoms with Gasteiger partial charge in [0, 0.05) is 5.56 Å². The zero-order valence-corrected chi connectivity index (χ0v) is 27.2. The second-order valence-corrected chi connectivity index (χ2v) is 12.1. The molecule has 1 aromatic heterocycles. The van der Waals surface area contributed by atoms with Gasteiger partial charge in [-0.25, -0.2) is 5.06 Å². The van der Waals surface area contributed by atoms with Gasteiger partial charge in [0.25, 0.3) is 5.91 Å². The number of furan rings is 1. The van der Waals surface area contributed by atoms with Crippen LogP contribution < -0.4 is 26.4 Å². The topological polar surface area (TPSA) is 265 Å². The van der Waals surface area contributed by atoms with Crippen LogP contribution in [0, 0.1) is 5.92 Å². The van der Waals surface area contributed by atoms with Crippen LogP contribution in [0.5, 0.6) is 5.75 Å². The van der Waals surface area contributed by atoms with Gasteiger partial charge in [0.2, 0.25) is 12.3 Å². The molecule has 10 N–H and O–H groups in total. The van der Waals surface area contributed by atoms with E-state index >= 15 is 0 Å². The Bertz CT molecular complexity index is 1270. The van der Waals surface area contributed by atoms with E-state index in [0.717, 1.165) is 19.3 Å². The number of amides is 3. The number of carbonyl (C=O) groups excluding carboxylic acids is 3. The molecule has 0 spiro atoms. The lowest BCUT2D eigenvalue weighted by atomic mass is 9.90. The van der Waals surface area contributed by atoms with E-state index in [0.29, 0.717) is 23.5 Å². The fraction of sp³-hybridized carbons (Fsp3) is 0.552. The standard InChI is InChI=1S/C25H36N3O9P.C4H11NO3/c1-4-7-8-9-20(21(5-2)28(32)16-29)24(30)26-15-27-25(31)23-11-10-22(37-23)17-12-18(36-6-3)14-19(13-17)38(33,34)35;5-4(1-6,2-7)3-8/h10-14,16,20-21,32H,4-9,15H2,1-3H3,(H,26,30)(H,27,31)(H2,33,34,35);6-8H,1-3,5H2/t20-,21-;/m1./s1. The zero-order chi connectivity index (χ0) is 34.9. The molecule has 1 aromatic carbocycles. The number of nitrogens with zero attached hydrogens (tertiary/aromatic N) is 1. The summed E-state index contributed by atoms with van der Waals surface area (Å²) in [6.07, 6.45) is 3.70. The van der Waals surface area contributed by atoms with Crippen molar-refractivity contribution in [3.63, 3.8) is 0 Å². The lowest BCUT2D eigenvalue weighted by Gasteiger charge is -2.29. The van der Waals surface area contributed by atoms with Crippen molar-refractivity contribution in [2.45, 2.75) is 64.5 Å². The molecule has 0 bridgehead atoms. The highest BCUT2D eigenvalue weighted by Crippen LogP contribution is 2.37. The van der Waals surface area contributed by atoms with Gasteiger partial charge < -0.3 is 50.6 Å². The van der Waals surface area contributed by atoms with Crippen molar-refractivity contribution in [2.75, 3.05) is 33.1 Å². The van der Waals surface area contributed by atoms with Crippen molar-refractivity contribution in [3.05, 3.63) is 36.1 Å². The minimum absolute atomic E-state index is 0.0813. The van der Waals surface area contributed by atoms with E-state index in [2.05, 4.69) is 10.6 Å². The average molecular weight is 675 g/mol. The predicted molar refractivity (Wildman–Crippen MR) is 167 cm³/mol. The van der Waals surface area contributed by atoms with Crippen molar-refractivity contribution in [2.24, 2.45) is 11.7 Å². The highest BCUT2D eigenvalue weighted by atomic mass is 31.2. The van der Waals surface area contributed by atoms with Gasteiger partial charge in [0.15, 0.2) is 5.76 Å². The summed E-state index contributed by atoms with van der Waals surface area (Å²) in [4.78, 5) is 55.7. The van der Waals surface area contributed by atoms with Crippen LogP contribution in [-0.2, 0) is 14.2 Å². The van der Waals surface area contributed by atoms with Crippen molar-refractivity contribution < 1.29 is 58.4 Å². The molecular formula is C29H47N4O12P. The van der Waals surface area contributed by atoms with Gasteiger partial charge in [-0.3, -0.25) is 24.2 Å². The summed E-state index contributed by atoms with van der Waals surface area (Å²) in [6.45, 7) is 4.38. The molecule has 0 aliphatic heterocycles. The Morgan fingerprint density at radius 3 is 2.22 bits per heavy atom. The summed E-state index contributed by atoms with van der Waals surface area (Å²) in [5.41, 5.74) is 4.25. The summed E-state index contributed by atoms with van der Waals surface area (Å²) in [5, 5.41) is 40.3. The number of rotatable bonds is 19. The molecule has 0 saturated carbocycles. The first kappa shape index (κ1) is 40.7. The molecule has 0 saturated heterocycles. The van der Waals surface area contributed by atoms with Gasteiger partial charge in [0.1, 0.15) is 11.5 Å². The van der Waals surface area contributed by atoms with Crippen molar-refractivity contribution >= 4 is 31.1 Å². The van der Waals surface area contributed by atoms with E-state index in [1.165, 1.54) is 30.3 Å². The van der Waals surface area contributed by atoms with Crippen molar-refractivity contribution in [1.82, 2.24) is 15.7 Å². The second kappa shape index (κ2) is 20.0. The summed E-state index contributed by atoms with van der Waals surface area (Å²) < 4.78 is 22.8. The van der Waals surface area contributed by atoms with E-state index in [-0.39, 0.29) is 42.3 Å². The Kier molecular flexibility index (Phi) is 17.7. The van der Waals surface area contributed by atoms with Gasteiger partial charge in [-0.1, -0.05) is 33.1 Å². The number of benzene rings is 1. The van der Waals surface area contributed by atoms with Crippen LogP contribution in [0.2, 0.25) is 0 Å². The monoisotopic (exact) mass is 674 g/mol. The molecular weight excluding hydrogens is 627 g/mol. The van der Waals surface area contributed by atoms with E-state index < -0.39 is 56.7 Å². The third-order valence-electron chi connectivity index (χ3n) is 6.90. The Morgan fingerprint density at radius 2 is 1.72 bits per heavy atom. The number of hydroxylamine groups is 2. The fourth-order valence-corrected chi connectivity index (χ4v) is 4.79. The number of unbranched alkanes of at least 4 members (excludes halogenated alkanes) is 2. The smallest absolute Gasteiger partial charge is 0.356 e. The Labute approximate surface area is 267 Å². The highest BCUT2D eigenvalue weighted by Gasteiger charge is 2.30. The molecule has 17 heteroatoms. The largest absolute Gasteiger partial charge is 0.494 e. The molecule has 0 unspecified atom stereocenters. The SMILES string of the molecule is CCCCC[C@@H](C(=O)NCNC(=O)c1ccc(-c2cc(OCC)cc(P(=O)(O)O)c2)o1)[C@@H](CC)N(O)C=O.NC(CO)(CO)CO. The van der Waals surface area contributed by atoms with Crippen LogP contribution in [0.4, 0.5) is 0 Å². The first-order valence-corrected chi connectivity index (χ1v) is 16.4. The molecule has 2 rings (SSSR count). The maximum atomic E-state index is 12.8. The molecule has 0 radical (unpaired) electrons. The molecule has 2 aromatic rings. The molecule has 0 fully saturated rings. The van der Waals surface area contributed by atoms with Gasteiger partial charge in [0.05, 0.1) is 55.9 Å². The van der Waals surface area contributed by atoms with E-state index in [9.17, 15) is 33.9 Å². The molecule has 260 valence electrons. The Balaban J connectivity index is 0.00000116. The number of aliphatic hydroxyl groups excluding tert-OH is 3. The van der Waals surface area contributed by atoms with Gasteiger partial charge in [-0.05, 0) is 50.1 Å². The second-order valence-electron chi connectivity index (χ2n) is 10.5. The maximum Gasteiger partial charge on any atom is 0.356 e. The highest BCUT2D eigenvalue weighted by molar-refractivity contribution is 7.60. The summed E-state index contributed by atoms with van der Waals surface area (Å²) in [7, 11) is -4.57. The van der Waals surface area contributed by atoms with E-state index in [1.807, 2.05) is 6.92 Å². The average Bonchev–Trinajstić information content (AvgIpc) is 3.54. The molecule has 2 atom stereocenters. The van der Waals surface area contributed by atoms with E-state index in [1.54, 1.807) is 13.8 Å². The fourth-order valence-electron chi connectivity index (χ4n) is 4.19. The predicted octanol–water partition coefficient (Wildman–Crippen LogP) is 0.435. The Morgan fingerprint density at radius 1 is 1.07 bits per heavy atom. The number of nitrogens with one attached hydrogen (secondary N) is 2. The van der Waals surface area contributed by atoms with Crippen LogP contribution >= 0.6 is 7.60 Å². The number of carbonyl (C=O) groups is 3. The van der Waals surface area contributed by atoms with Crippen LogP contribution in [-0.4, -0.2) is 98.3 Å². The van der Waals surface area contributed by atoms with Crippen LogP contribution in [0.1, 0.15) is 63.4 Å². The maximum absolute atomic E-state index is 12.8. The van der Waals surface area contributed by atoms with Gasteiger partial charge in [-0.2, -0.15) is 0 Å². The lowest BCUT2D eigenvalue weighted by molar-refractivity contribution is -0.168. The number of hydrogen-bond acceptors (Lipinski definition) is 11. The van der Waals surface area contributed by atoms with Crippen LogP contribution in [0.15, 0.2) is 34.7 Å². The quantitative estimate of drug-likeness (QED) is 0.0245. The first-order chi connectivity index (χ1) is 21.7. The summed E-state index contributed by atoms with van der Waals surface area (Å²) >= 11 is 0. The third kappa shape index (κ3) is 12.8. The lowest BCUT2D eigenvalue weighted by Crippen LogP contribution is -2.50. The molecule has 3 amide bonds. The number of aliphatic hydroxyl groups is 3. The first-order valence-electron chi connectivity index (χ1n) is 14.8. The number of nitrogens with two attached hydrogens (primary N) is 1. The minimum atomic E-state index is -4.57. The normalized spacial score (nSPS) is 12.7. The molecule has 0 aliphatic carbocycles. The Hall–Kier alpha value is -3.34. The van der Waals surface area contributed by atoms with Crippen molar-refractivity contribution in [1.29, 1.82) is 0 Å². The molecule has 46 heavy (non-hydrogen) atoms. The number of ether oxygens (including phenoxy) is 1. The molecule has 16 nitrogen and oxygen atoms in total. The summed E-state index contributed by atoms with van der Waals surface area (Å²) in [6, 6.07) is 6.22.